The van der Waals surface area contributed by atoms with Crippen LogP contribution in [0.2, 0.25) is 0 Å². The molecule has 0 aliphatic rings. The van der Waals surface area contributed by atoms with Gasteiger partial charge in [-0.3, -0.25) is 0 Å². The third-order valence-corrected chi connectivity index (χ3v) is 1.91. The molecule has 0 aliphatic carbocycles. The smallest absolute Gasteiger partial charge is 0.132 e. The zero-order chi connectivity index (χ0) is 11.1. The Morgan fingerprint density at radius 2 is 2.07 bits per heavy atom. The van der Waals surface area contributed by atoms with E-state index in [9.17, 15) is 0 Å². The van der Waals surface area contributed by atoms with Crippen molar-refractivity contribution < 1.29 is 0 Å². The van der Waals surface area contributed by atoms with Crippen LogP contribution in [0.25, 0.3) is 0 Å². The molecule has 0 amide bonds. The van der Waals surface area contributed by atoms with Crippen molar-refractivity contribution in [1.29, 1.82) is 0 Å². The highest BCUT2D eigenvalue weighted by molar-refractivity contribution is 7.80. The summed E-state index contributed by atoms with van der Waals surface area (Å²) in [5.41, 5.74) is 0. The van der Waals surface area contributed by atoms with Gasteiger partial charge in [0.15, 0.2) is 0 Å². The van der Waals surface area contributed by atoms with E-state index in [2.05, 4.69) is 39.8 Å². The highest BCUT2D eigenvalue weighted by atomic mass is 32.1. The molecule has 82 valence electrons. The quantitative estimate of drug-likeness (QED) is 0.509. The molecule has 1 heterocycles. The van der Waals surface area contributed by atoms with Gasteiger partial charge >= 0.3 is 0 Å². The Balaban J connectivity index is 2.70. The third kappa shape index (κ3) is 4.20. The number of aromatic nitrogens is 2. The lowest BCUT2D eigenvalue weighted by Crippen LogP contribution is -2.08. The maximum Gasteiger partial charge on any atom is 0.132 e. The number of thiol groups is 1. The maximum atomic E-state index is 4.26. The second kappa shape index (κ2) is 6.29. The average molecular weight is 224 g/mol. The van der Waals surface area contributed by atoms with Crippen LogP contribution in [0.15, 0.2) is 18.7 Å². The molecule has 0 bridgehead atoms. The van der Waals surface area contributed by atoms with Crippen molar-refractivity contribution in [2.24, 2.45) is 0 Å². The van der Waals surface area contributed by atoms with Gasteiger partial charge in [0.05, 0.1) is 0 Å². The van der Waals surface area contributed by atoms with E-state index in [0.717, 1.165) is 29.8 Å². The maximum absolute atomic E-state index is 4.26. The van der Waals surface area contributed by atoms with Crippen molar-refractivity contribution >= 4 is 24.3 Å². The minimum atomic E-state index is 0.697. The van der Waals surface area contributed by atoms with Crippen molar-refractivity contribution in [1.82, 2.24) is 9.97 Å². The highest BCUT2D eigenvalue weighted by Gasteiger charge is 1.99. The zero-order valence-corrected chi connectivity index (χ0v) is 9.72. The number of nitrogens with one attached hydrogen (secondary N) is 2. The molecule has 0 aromatic carbocycles. The molecule has 0 radical (unpaired) electrons. The van der Waals surface area contributed by atoms with Crippen LogP contribution in [0.1, 0.15) is 5.82 Å². The summed E-state index contributed by atoms with van der Waals surface area (Å²) in [5.74, 6) is 3.15. The van der Waals surface area contributed by atoms with Gasteiger partial charge < -0.3 is 10.6 Å². The lowest BCUT2D eigenvalue weighted by atomic mass is 10.4. The molecule has 0 aliphatic heterocycles. The first-order valence-corrected chi connectivity index (χ1v) is 5.44. The van der Waals surface area contributed by atoms with Crippen LogP contribution in [0, 0.1) is 6.92 Å². The van der Waals surface area contributed by atoms with E-state index < -0.39 is 0 Å². The number of anilines is 2. The van der Waals surface area contributed by atoms with Crippen LogP contribution < -0.4 is 10.6 Å². The van der Waals surface area contributed by atoms with Crippen LogP contribution in [0.3, 0.4) is 0 Å². The van der Waals surface area contributed by atoms with Gasteiger partial charge in [-0.2, -0.15) is 12.6 Å². The first-order chi connectivity index (χ1) is 7.26. The predicted molar refractivity (Wildman–Crippen MR) is 67.8 cm³/mol. The lowest BCUT2D eigenvalue weighted by Gasteiger charge is -2.08. The molecule has 1 aromatic heterocycles. The molecular weight excluding hydrogens is 208 g/mol. The summed E-state index contributed by atoms with van der Waals surface area (Å²) in [5, 5.41) is 6.28. The van der Waals surface area contributed by atoms with Gasteiger partial charge in [-0.15, -0.1) is 6.58 Å². The van der Waals surface area contributed by atoms with Crippen LogP contribution in [-0.2, 0) is 0 Å². The number of hydrogen-bond donors (Lipinski definition) is 3. The summed E-state index contributed by atoms with van der Waals surface area (Å²) in [4.78, 5) is 8.51. The van der Waals surface area contributed by atoms with E-state index >= 15 is 0 Å². The number of rotatable bonds is 6. The molecule has 1 rings (SSSR count). The van der Waals surface area contributed by atoms with E-state index in [1.807, 2.05) is 13.0 Å². The SMILES string of the molecule is C=CCNc1cc(NCCS)nc(C)n1. The molecule has 1 aromatic rings. The summed E-state index contributed by atoms with van der Waals surface area (Å²) < 4.78 is 0. The van der Waals surface area contributed by atoms with E-state index in [-0.39, 0.29) is 0 Å². The van der Waals surface area contributed by atoms with E-state index in [4.69, 9.17) is 0 Å². The van der Waals surface area contributed by atoms with Gasteiger partial charge in [-0.25, -0.2) is 9.97 Å². The molecule has 0 atom stereocenters. The summed E-state index contributed by atoms with van der Waals surface area (Å²) in [7, 11) is 0. The molecule has 0 saturated heterocycles. The van der Waals surface area contributed by atoms with Gasteiger partial charge in [0, 0.05) is 24.9 Å². The molecule has 4 nitrogen and oxygen atoms in total. The molecule has 5 heteroatoms. The van der Waals surface area contributed by atoms with Gasteiger partial charge in [-0.05, 0) is 6.92 Å². The summed E-state index contributed by atoms with van der Waals surface area (Å²) in [6, 6.07) is 1.87. The fourth-order valence-electron chi connectivity index (χ4n) is 1.11. The first kappa shape index (κ1) is 11.8. The molecule has 2 N–H and O–H groups in total. The number of nitrogens with zero attached hydrogens (tertiary/aromatic N) is 2. The van der Waals surface area contributed by atoms with Crippen LogP contribution in [0.4, 0.5) is 11.6 Å². The van der Waals surface area contributed by atoms with E-state index in [1.54, 1.807) is 6.08 Å². The van der Waals surface area contributed by atoms with Gasteiger partial charge in [-0.1, -0.05) is 6.08 Å². The Kier molecular flexibility index (Phi) is 4.97. The lowest BCUT2D eigenvalue weighted by molar-refractivity contribution is 1.03. The Labute approximate surface area is 95.6 Å². The minimum absolute atomic E-state index is 0.697. The van der Waals surface area contributed by atoms with E-state index in [1.165, 1.54) is 0 Å². The van der Waals surface area contributed by atoms with E-state index in [0.29, 0.717) is 6.54 Å². The monoisotopic (exact) mass is 224 g/mol. The normalized spacial score (nSPS) is 9.73. The van der Waals surface area contributed by atoms with Crippen LogP contribution >= 0.6 is 12.6 Å². The second-order valence-electron chi connectivity index (χ2n) is 3.01. The van der Waals surface area contributed by atoms with Crippen LogP contribution in [0.5, 0.6) is 0 Å². The zero-order valence-electron chi connectivity index (χ0n) is 8.82. The first-order valence-electron chi connectivity index (χ1n) is 4.81. The Hall–Kier alpha value is -1.23. The van der Waals surface area contributed by atoms with Gasteiger partial charge in [0.1, 0.15) is 17.5 Å². The van der Waals surface area contributed by atoms with Gasteiger partial charge in [0.2, 0.25) is 0 Å². The molecule has 0 saturated carbocycles. The second-order valence-corrected chi connectivity index (χ2v) is 3.45. The Morgan fingerprint density at radius 1 is 1.40 bits per heavy atom. The van der Waals surface area contributed by atoms with Crippen LogP contribution in [-0.4, -0.2) is 28.8 Å². The van der Waals surface area contributed by atoms with Crippen molar-refractivity contribution in [3.05, 3.63) is 24.5 Å². The minimum Gasteiger partial charge on any atom is -0.369 e. The standard InChI is InChI=1S/C10H16N4S/c1-3-4-11-9-7-10(12-5-6-15)14-8(2)13-9/h3,7,15H,1,4-6H2,2H3,(H2,11,12,13,14). The molecule has 0 fully saturated rings. The fourth-order valence-corrected chi connectivity index (χ4v) is 1.22. The van der Waals surface area contributed by atoms with Gasteiger partial charge in [0.25, 0.3) is 0 Å². The topological polar surface area (TPSA) is 49.8 Å². The summed E-state index contributed by atoms with van der Waals surface area (Å²) >= 11 is 4.12. The molecular formula is C10H16N4S. The highest BCUT2D eigenvalue weighted by Crippen LogP contribution is 2.10. The van der Waals surface area contributed by atoms with Crippen molar-refractivity contribution in [2.45, 2.75) is 6.92 Å². The Morgan fingerprint density at radius 3 is 2.67 bits per heavy atom. The average Bonchev–Trinajstić information content (AvgIpc) is 2.23. The molecule has 15 heavy (non-hydrogen) atoms. The molecule has 0 unspecified atom stereocenters. The number of aryl methyl sites for hydroxylation is 1. The fraction of sp³-hybridized carbons (Fsp3) is 0.400. The Bertz CT molecular complexity index is 327. The predicted octanol–water partition coefficient (Wildman–Crippen LogP) is 1.72. The third-order valence-electron chi connectivity index (χ3n) is 1.68. The summed E-state index contributed by atoms with van der Waals surface area (Å²) in [6.45, 7) is 6.99. The largest absolute Gasteiger partial charge is 0.369 e. The van der Waals surface area contributed by atoms with Crippen molar-refractivity contribution in [3.8, 4) is 0 Å². The molecule has 0 spiro atoms. The van der Waals surface area contributed by atoms with Crippen molar-refractivity contribution in [3.63, 3.8) is 0 Å². The van der Waals surface area contributed by atoms with Crippen molar-refractivity contribution in [2.75, 3.05) is 29.5 Å². The summed E-state index contributed by atoms with van der Waals surface area (Å²) in [6.07, 6.45) is 1.79. The number of hydrogen-bond acceptors (Lipinski definition) is 5.